The van der Waals surface area contributed by atoms with Gasteiger partial charge in [-0.15, -0.1) is 0 Å². The van der Waals surface area contributed by atoms with E-state index in [0.29, 0.717) is 12.5 Å². The molecule has 0 unspecified atom stereocenters. The summed E-state index contributed by atoms with van der Waals surface area (Å²) in [6.07, 6.45) is 3.32. The fraction of sp³-hybridized carbons (Fsp3) is 0.667. The number of nitrogens with one attached hydrogen (secondary N) is 1. The standard InChI is InChI=1S/C12H18IN3O/c1-3-17-7-6-9-15-11(8-4-5-8)10(13)12(14-2)16-9/h8H,3-7H2,1-2H3,(H,14,15,16). The number of nitrogens with zero attached hydrogens (tertiary/aromatic N) is 2. The van der Waals surface area contributed by atoms with Gasteiger partial charge < -0.3 is 10.1 Å². The molecule has 1 heterocycles. The highest BCUT2D eigenvalue weighted by Crippen LogP contribution is 2.42. The van der Waals surface area contributed by atoms with Gasteiger partial charge in [0.2, 0.25) is 0 Å². The van der Waals surface area contributed by atoms with Gasteiger partial charge in [-0.2, -0.15) is 0 Å². The van der Waals surface area contributed by atoms with E-state index >= 15 is 0 Å². The molecule has 0 radical (unpaired) electrons. The average Bonchev–Trinajstić information content (AvgIpc) is 3.15. The van der Waals surface area contributed by atoms with Gasteiger partial charge in [-0.3, -0.25) is 0 Å². The largest absolute Gasteiger partial charge is 0.381 e. The Kier molecular flexibility index (Phi) is 4.55. The van der Waals surface area contributed by atoms with Crippen LogP contribution in [-0.2, 0) is 11.2 Å². The van der Waals surface area contributed by atoms with Gasteiger partial charge in [0.1, 0.15) is 11.6 Å². The van der Waals surface area contributed by atoms with Crippen LogP contribution in [0.1, 0.15) is 37.2 Å². The van der Waals surface area contributed by atoms with Crippen LogP contribution >= 0.6 is 22.6 Å². The maximum Gasteiger partial charge on any atom is 0.143 e. The van der Waals surface area contributed by atoms with Gasteiger partial charge in [0.25, 0.3) is 0 Å². The van der Waals surface area contributed by atoms with Gasteiger partial charge in [-0.25, -0.2) is 9.97 Å². The number of rotatable bonds is 6. The summed E-state index contributed by atoms with van der Waals surface area (Å²) in [5.74, 6) is 2.50. The Labute approximate surface area is 116 Å². The first-order valence-electron chi connectivity index (χ1n) is 6.08. The zero-order valence-electron chi connectivity index (χ0n) is 10.3. The van der Waals surface area contributed by atoms with Crippen LogP contribution in [0.25, 0.3) is 0 Å². The lowest BCUT2D eigenvalue weighted by Crippen LogP contribution is -2.09. The molecule has 0 spiro atoms. The van der Waals surface area contributed by atoms with E-state index in [1.54, 1.807) is 0 Å². The molecule has 1 aliphatic carbocycles. The van der Waals surface area contributed by atoms with Gasteiger partial charge in [-0.05, 0) is 42.4 Å². The van der Waals surface area contributed by atoms with E-state index < -0.39 is 0 Å². The summed E-state index contributed by atoms with van der Waals surface area (Å²) in [6.45, 7) is 3.45. The molecule has 0 amide bonds. The Bertz CT molecular complexity index is 394. The fourth-order valence-corrected chi connectivity index (χ4v) is 2.68. The van der Waals surface area contributed by atoms with E-state index in [-0.39, 0.29) is 0 Å². The van der Waals surface area contributed by atoms with Crippen molar-refractivity contribution >= 4 is 28.4 Å². The third-order valence-corrected chi connectivity index (χ3v) is 3.86. The number of hydrogen-bond acceptors (Lipinski definition) is 4. The first-order valence-corrected chi connectivity index (χ1v) is 7.16. The molecule has 5 heteroatoms. The molecular weight excluding hydrogens is 329 g/mol. The monoisotopic (exact) mass is 347 g/mol. The lowest BCUT2D eigenvalue weighted by Gasteiger charge is -2.10. The van der Waals surface area contributed by atoms with Crippen molar-refractivity contribution in [2.75, 3.05) is 25.6 Å². The Morgan fingerprint density at radius 1 is 1.41 bits per heavy atom. The van der Waals surface area contributed by atoms with Crippen LogP contribution in [0.15, 0.2) is 0 Å². The fourth-order valence-electron chi connectivity index (χ4n) is 1.73. The van der Waals surface area contributed by atoms with Crippen LogP contribution in [0.3, 0.4) is 0 Å². The molecular formula is C12H18IN3O. The van der Waals surface area contributed by atoms with Crippen LogP contribution in [0, 0.1) is 3.57 Å². The van der Waals surface area contributed by atoms with Crippen LogP contribution in [0.5, 0.6) is 0 Å². The average molecular weight is 347 g/mol. The van der Waals surface area contributed by atoms with Crippen molar-refractivity contribution in [2.24, 2.45) is 0 Å². The molecule has 1 aromatic heterocycles. The Morgan fingerprint density at radius 3 is 2.76 bits per heavy atom. The van der Waals surface area contributed by atoms with Crippen molar-refractivity contribution in [3.63, 3.8) is 0 Å². The highest BCUT2D eigenvalue weighted by molar-refractivity contribution is 14.1. The summed E-state index contributed by atoms with van der Waals surface area (Å²) in [6, 6.07) is 0. The first-order chi connectivity index (χ1) is 8.26. The minimum absolute atomic E-state index is 0.655. The number of anilines is 1. The minimum atomic E-state index is 0.655. The first kappa shape index (κ1) is 13.0. The van der Waals surface area contributed by atoms with Crippen molar-refractivity contribution in [1.29, 1.82) is 0 Å². The number of halogens is 1. The second-order valence-electron chi connectivity index (χ2n) is 4.16. The van der Waals surface area contributed by atoms with Gasteiger partial charge in [0.05, 0.1) is 15.9 Å². The Hall–Kier alpha value is -0.430. The normalized spacial score (nSPS) is 15.0. The quantitative estimate of drug-likeness (QED) is 0.635. The molecule has 1 aromatic rings. The lowest BCUT2D eigenvalue weighted by molar-refractivity contribution is 0.149. The topological polar surface area (TPSA) is 47.0 Å². The molecule has 1 fully saturated rings. The highest BCUT2D eigenvalue weighted by Gasteiger charge is 2.29. The number of ether oxygens (including phenoxy) is 1. The molecule has 17 heavy (non-hydrogen) atoms. The summed E-state index contributed by atoms with van der Waals surface area (Å²) in [5.41, 5.74) is 1.22. The minimum Gasteiger partial charge on any atom is -0.381 e. The van der Waals surface area contributed by atoms with Crippen LogP contribution in [-0.4, -0.2) is 30.2 Å². The maximum absolute atomic E-state index is 5.35. The van der Waals surface area contributed by atoms with Crippen LogP contribution < -0.4 is 5.32 Å². The van der Waals surface area contributed by atoms with Crippen molar-refractivity contribution in [3.05, 3.63) is 15.1 Å². The predicted octanol–water partition coefficient (Wildman–Crippen LogP) is 2.58. The zero-order chi connectivity index (χ0) is 12.3. The molecule has 1 saturated carbocycles. The summed E-state index contributed by atoms with van der Waals surface area (Å²) in [5, 5.41) is 3.15. The predicted molar refractivity (Wildman–Crippen MR) is 76.5 cm³/mol. The molecule has 0 bridgehead atoms. The van der Waals surface area contributed by atoms with E-state index in [4.69, 9.17) is 4.74 Å². The molecule has 1 N–H and O–H groups in total. The van der Waals surface area contributed by atoms with Gasteiger partial charge in [-0.1, -0.05) is 0 Å². The van der Waals surface area contributed by atoms with Crippen molar-refractivity contribution in [3.8, 4) is 0 Å². The maximum atomic E-state index is 5.35. The molecule has 0 aliphatic heterocycles. The van der Waals surface area contributed by atoms with E-state index in [1.165, 1.54) is 22.1 Å². The number of hydrogen-bond donors (Lipinski definition) is 1. The molecule has 4 nitrogen and oxygen atoms in total. The van der Waals surface area contributed by atoms with E-state index in [2.05, 4.69) is 37.9 Å². The summed E-state index contributed by atoms with van der Waals surface area (Å²) >= 11 is 2.34. The highest BCUT2D eigenvalue weighted by atomic mass is 127. The molecule has 1 aliphatic rings. The Balaban J connectivity index is 2.17. The lowest BCUT2D eigenvalue weighted by atomic mass is 10.2. The second-order valence-corrected chi connectivity index (χ2v) is 5.24. The van der Waals surface area contributed by atoms with Gasteiger partial charge in [0, 0.05) is 26.0 Å². The van der Waals surface area contributed by atoms with E-state index in [1.807, 2.05) is 14.0 Å². The molecule has 0 aromatic carbocycles. The third-order valence-electron chi connectivity index (χ3n) is 2.80. The second kappa shape index (κ2) is 5.95. The molecule has 2 rings (SSSR count). The molecule has 0 saturated heterocycles. The van der Waals surface area contributed by atoms with Crippen LogP contribution in [0.4, 0.5) is 5.82 Å². The van der Waals surface area contributed by atoms with E-state index in [0.717, 1.165) is 24.7 Å². The van der Waals surface area contributed by atoms with Crippen LogP contribution in [0.2, 0.25) is 0 Å². The van der Waals surface area contributed by atoms with Gasteiger partial charge >= 0.3 is 0 Å². The summed E-state index contributed by atoms with van der Waals surface area (Å²) < 4.78 is 6.53. The Morgan fingerprint density at radius 2 is 2.18 bits per heavy atom. The van der Waals surface area contributed by atoms with Crippen molar-refractivity contribution in [1.82, 2.24) is 9.97 Å². The number of aromatic nitrogens is 2. The van der Waals surface area contributed by atoms with Crippen molar-refractivity contribution in [2.45, 2.75) is 32.1 Å². The zero-order valence-corrected chi connectivity index (χ0v) is 12.5. The smallest absolute Gasteiger partial charge is 0.143 e. The molecule has 94 valence electrons. The summed E-state index contributed by atoms with van der Waals surface area (Å²) in [7, 11) is 1.91. The molecule has 0 atom stereocenters. The van der Waals surface area contributed by atoms with Gasteiger partial charge in [0.15, 0.2) is 0 Å². The summed E-state index contributed by atoms with van der Waals surface area (Å²) in [4.78, 5) is 9.20. The van der Waals surface area contributed by atoms with Crippen molar-refractivity contribution < 1.29 is 4.74 Å². The van der Waals surface area contributed by atoms with E-state index in [9.17, 15) is 0 Å². The third kappa shape index (κ3) is 3.28. The SMILES string of the molecule is CCOCCc1nc(NC)c(I)c(C2CC2)n1.